The van der Waals surface area contributed by atoms with Crippen molar-refractivity contribution >= 4 is 5.97 Å². The van der Waals surface area contributed by atoms with Crippen LogP contribution in [0, 0.1) is 0 Å². The van der Waals surface area contributed by atoms with Gasteiger partial charge >= 0.3 is 5.97 Å². The van der Waals surface area contributed by atoms with E-state index in [-0.39, 0.29) is 11.5 Å². The second kappa shape index (κ2) is 5.75. The van der Waals surface area contributed by atoms with Gasteiger partial charge in [-0.2, -0.15) is 0 Å². The molecule has 0 aliphatic carbocycles. The van der Waals surface area contributed by atoms with E-state index < -0.39 is 0 Å². The zero-order chi connectivity index (χ0) is 10.3. The minimum Gasteiger partial charge on any atom is -0.463 e. The van der Waals surface area contributed by atoms with E-state index in [1.165, 1.54) is 6.08 Å². The summed E-state index contributed by atoms with van der Waals surface area (Å²) in [6, 6.07) is 0. The van der Waals surface area contributed by atoms with Gasteiger partial charge < -0.3 is 10.1 Å². The summed E-state index contributed by atoms with van der Waals surface area (Å²) >= 11 is 0. The molecule has 0 saturated carbocycles. The minimum atomic E-state index is -0.279. The topological polar surface area (TPSA) is 38.3 Å². The molecule has 1 N–H and O–H groups in total. The van der Waals surface area contributed by atoms with Crippen molar-refractivity contribution in [3.63, 3.8) is 0 Å². The van der Waals surface area contributed by atoms with E-state index in [2.05, 4.69) is 26.1 Å². The van der Waals surface area contributed by atoms with Crippen molar-refractivity contribution in [2.75, 3.05) is 13.2 Å². The zero-order valence-corrected chi connectivity index (χ0v) is 8.89. The normalized spacial score (nSPS) is 12.0. The van der Waals surface area contributed by atoms with Crippen LogP contribution in [0.3, 0.4) is 0 Å². The summed E-state index contributed by atoms with van der Waals surface area (Å²) in [5.74, 6) is -0.279. The van der Waals surface area contributed by atoms with Crippen LogP contribution in [0.1, 0.15) is 27.7 Å². The summed E-state index contributed by atoms with van der Waals surface area (Å²) in [5, 5.41) is 3.22. The molecular weight excluding hydrogens is 166 g/mol. The van der Waals surface area contributed by atoms with E-state index >= 15 is 0 Å². The Kier molecular flexibility index (Phi) is 5.39. The SMILES string of the molecule is CCOC(=O)/C=C/CNC(C)(C)C. The van der Waals surface area contributed by atoms with Gasteiger partial charge in [-0.05, 0) is 27.7 Å². The first-order valence-electron chi connectivity index (χ1n) is 4.54. The summed E-state index contributed by atoms with van der Waals surface area (Å²) in [6.45, 7) is 9.12. The molecule has 0 spiro atoms. The first-order valence-corrected chi connectivity index (χ1v) is 4.54. The Morgan fingerprint density at radius 3 is 2.54 bits per heavy atom. The summed E-state index contributed by atoms with van der Waals surface area (Å²) in [7, 11) is 0. The van der Waals surface area contributed by atoms with E-state index in [9.17, 15) is 4.79 Å². The Balaban J connectivity index is 3.58. The molecule has 3 nitrogen and oxygen atoms in total. The molecule has 0 saturated heterocycles. The Morgan fingerprint density at radius 1 is 1.46 bits per heavy atom. The van der Waals surface area contributed by atoms with E-state index in [0.717, 1.165) is 0 Å². The Labute approximate surface area is 80.2 Å². The lowest BCUT2D eigenvalue weighted by molar-refractivity contribution is -0.137. The van der Waals surface area contributed by atoms with E-state index in [1.54, 1.807) is 13.0 Å². The maximum atomic E-state index is 10.8. The van der Waals surface area contributed by atoms with Crippen molar-refractivity contribution < 1.29 is 9.53 Å². The average molecular weight is 185 g/mol. The number of esters is 1. The van der Waals surface area contributed by atoms with Gasteiger partial charge in [0, 0.05) is 18.2 Å². The van der Waals surface area contributed by atoms with Gasteiger partial charge in [0.1, 0.15) is 0 Å². The van der Waals surface area contributed by atoms with Crippen LogP contribution < -0.4 is 5.32 Å². The molecule has 0 bridgehead atoms. The molecule has 0 fully saturated rings. The van der Waals surface area contributed by atoms with Crippen LogP contribution >= 0.6 is 0 Å². The van der Waals surface area contributed by atoms with Crippen LogP contribution in [0.15, 0.2) is 12.2 Å². The minimum absolute atomic E-state index is 0.0823. The van der Waals surface area contributed by atoms with Gasteiger partial charge in [-0.3, -0.25) is 0 Å². The van der Waals surface area contributed by atoms with Gasteiger partial charge in [0.25, 0.3) is 0 Å². The molecule has 0 amide bonds. The number of hydrogen-bond acceptors (Lipinski definition) is 3. The second-order valence-electron chi connectivity index (χ2n) is 3.79. The first kappa shape index (κ1) is 12.2. The van der Waals surface area contributed by atoms with Gasteiger partial charge in [-0.15, -0.1) is 0 Å². The molecule has 0 heterocycles. The van der Waals surface area contributed by atoms with Crippen LogP contribution in [0.5, 0.6) is 0 Å². The van der Waals surface area contributed by atoms with Crippen molar-refractivity contribution in [1.82, 2.24) is 5.32 Å². The smallest absolute Gasteiger partial charge is 0.330 e. The lowest BCUT2D eigenvalue weighted by Gasteiger charge is -2.18. The predicted octanol–water partition coefficient (Wildman–Crippen LogP) is 1.49. The summed E-state index contributed by atoms with van der Waals surface area (Å²) in [4.78, 5) is 10.8. The van der Waals surface area contributed by atoms with Gasteiger partial charge in [-0.25, -0.2) is 4.79 Å². The molecule has 0 radical (unpaired) electrons. The van der Waals surface area contributed by atoms with Crippen LogP contribution in [0.25, 0.3) is 0 Å². The molecule has 3 heteroatoms. The van der Waals surface area contributed by atoms with Gasteiger partial charge in [0.15, 0.2) is 0 Å². The van der Waals surface area contributed by atoms with E-state index in [4.69, 9.17) is 4.74 Å². The number of rotatable bonds is 4. The third-order valence-corrected chi connectivity index (χ3v) is 1.29. The fourth-order valence-electron chi connectivity index (χ4n) is 0.711. The van der Waals surface area contributed by atoms with Crippen LogP contribution in [-0.2, 0) is 9.53 Å². The van der Waals surface area contributed by atoms with Crippen molar-refractivity contribution in [2.45, 2.75) is 33.2 Å². The summed E-state index contributed by atoms with van der Waals surface area (Å²) in [6.07, 6.45) is 3.21. The molecule has 0 unspecified atom stereocenters. The monoisotopic (exact) mass is 185 g/mol. The highest BCUT2D eigenvalue weighted by atomic mass is 16.5. The fraction of sp³-hybridized carbons (Fsp3) is 0.700. The van der Waals surface area contributed by atoms with Gasteiger partial charge in [-0.1, -0.05) is 6.08 Å². The first-order chi connectivity index (χ1) is 5.95. The fourth-order valence-corrected chi connectivity index (χ4v) is 0.711. The lowest BCUT2D eigenvalue weighted by Crippen LogP contribution is -2.35. The lowest BCUT2D eigenvalue weighted by atomic mass is 10.1. The van der Waals surface area contributed by atoms with Crippen LogP contribution in [0.2, 0.25) is 0 Å². The number of hydrogen-bond donors (Lipinski definition) is 1. The Hall–Kier alpha value is -0.830. The van der Waals surface area contributed by atoms with Gasteiger partial charge in [0.2, 0.25) is 0 Å². The third kappa shape index (κ3) is 9.08. The molecule has 0 aromatic rings. The molecule has 0 aromatic carbocycles. The molecule has 0 atom stereocenters. The highest BCUT2D eigenvalue weighted by Crippen LogP contribution is 1.96. The Morgan fingerprint density at radius 2 is 2.08 bits per heavy atom. The molecule has 76 valence electrons. The van der Waals surface area contributed by atoms with E-state index in [1.807, 2.05) is 0 Å². The van der Waals surface area contributed by atoms with Crippen LogP contribution in [-0.4, -0.2) is 24.7 Å². The molecule has 0 aromatic heterocycles. The molecule has 0 aliphatic rings. The Bertz CT molecular complexity index is 180. The van der Waals surface area contributed by atoms with Crippen molar-refractivity contribution in [2.24, 2.45) is 0 Å². The van der Waals surface area contributed by atoms with Crippen molar-refractivity contribution in [1.29, 1.82) is 0 Å². The molecule has 0 aliphatic heterocycles. The maximum absolute atomic E-state index is 10.8. The highest BCUT2D eigenvalue weighted by Gasteiger charge is 2.05. The molecule has 0 rings (SSSR count). The summed E-state index contributed by atoms with van der Waals surface area (Å²) in [5.41, 5.74) is 0.0823. The standard InChI is InChI=1S/C10H19NO2/c1-5-13-9(12)7-6-8-11-10(2,3)4/h6-7,11H,5,8H2,1-4H3/b7-6+. The zero-order valence-electron chi connectivity index (χ0n) is 8.89. The molecule has 13 heavy (non-hydrogen) atoms. The number of carbonyl (C=O) groups is 1. The second-order valence-corrected chi connectivity index (χ2v) is 3.79. The molecular formula is C10H19NO2. The number of nitrogens with one attached hydrogen (secondary N) is 1. The van der Waals surface area contributed by atoms with Gasteiger partial charge in [0.05, 0.1) is 6.61 Å². The van der Waals surface area contributed by atoms with Crippen molar-refractivity contribution in [3.8, 4) is 0 Å². The quantitative estimate of drug-likeness (QED) is 0.532. The predicted molar refractivity (Wildman–Crippen MR) is 53.5 cm³/mol. The average Bonchev–Trinajstić information content (AvgIpc) is 1.97. The summed E-state index contributed by atoms with van der Waals surface area (Å²) < 4.78 is 4.72. The van der Waals surface area contributed by atoms with E-state index in [0.29, 0.717) is 13.2 Å². The maximum Gasteiger partial charge on any atom is 0.330 e. The van der Waals surface area contributed by atoms with Crippen molar-refractivity contribution in [3.05, 3.63) is 12.2 Å². The highest BCUT2D eigenvalue weighted by molar-refractivity contribution is 5.81. The number of carbonyl (C=O) groups excluding carboxylic acids is 1. The largest absolute Gasteiger partial charge is 0.463 e. The van der Waals surface area contributed by atoms with Crippen LogP contribution in [0.4, 0.5) is 0 Å². The number of ether oxygens (including phenoxy) is 1. The third-order valence-electron chi connectivity index (χ3n) is 1.29.